The fourth-order valence-corrected chi connectivity index (χ4v) is 11.1. The van der Waals surface area contributed by atoms with Gasteiger partial charge in [0.1, 0.15) is 9.88 Å². The lowest BCUT2D eigenvalue weighted by molar-refractivity contribution is 0.0606. The predicted molar refractivity (Wildman–Crippen MR) is 135 cm³/mol. The minimum absolute atomic E-state index is 0.220. The molecule has 3 aliphatic heterocycles. The Hall–Kier alpha value is -1.83. The Morgan fingerprint density at radius 3 is 2.69 bits per heavy atom. The van der Waals surface area contributed by atoms with Crippen molar-refractivity contribution in [1.29, 1.82) is 0 Å². The Bertz CT molecular complexity index is 1210. The zero-order chi connectivity index (χ0) is 22.7. The van der Waals surface area contributed by atoms with E-state index in [0.29, 0.717) is 18.1 Å². The number of anilines is 1. The Labute approximate surface area is 197 Å². The smallest absolute Gasteiger partial charge is 0.348 e. The number of benzene rings is 1. The first-order valence-electron chi connectivity index (χ1n) is 10.6. The van der Waals surface area contributed by atoms with Crippen molar-refractivity contribution in [3.05, 3.63) is 51.8 Å². The fourth-order valence-electron chi connectivity index (χ4n) is 5.01. The summed E-state index contributed by atoms with van der Waals surface area (Å²) in [6, 6.07) is 10.5. The molecule has 4 heterocycles. The topological polar surface area (TPSA) is 54.4 Å². The van der Waals surface area contributed by atoms with Crippen molar-refractivity contribution in [2.24, 2.45) is 4.99 Å². The number of carbonyl (C=O) groups excluding carboxylic acids is 1. The molecule has 0 saturated carbocycles. The number of nitrogens with zero attached hydrogens (tertiary/aromatic N) is 3. The summed E-state index contributed by atoms with van der Waals surface area (Å²) in [5.74, 6) is -0.344. The number of aliphatic imine (C=N–C) groups is 1. The maximum absolute atomic E-state index is 12.3. The van der Waals surface area contributed by atoms with Crippen LogP contribution < -0.4 is 10.2 Å². The van der Waals surface area contributed by atoms with Crippen LogP contribution in [0.3, 0.4) is 0 Å². The molecular formula is C23H26N3O3PS2. The van der Waals surface area contributed by atoms with Crippen molar-refractivity contribution >= 4 is 57.5 Å². The van der Waals surface area contributed by atoms with E-state index >= 15 is 0 Å². The second-order valence-electron chi connectivity index (χ2n) is 8.63. The number of thiophene rings is 1. The number of allylic oxidation sites excluding steroid dienone is 2. The van der Waals surface area contributed by atoms with Crippen LogP contribution in [-0.2, 0) is 26.7 Å². The molecule has 32 heavy (non-hydrogen) atoms. The van der Waals surface area contributed by atoms with Crippen molar-refractivity contribution in [2.75, 3.05) is 45.4 Å². The minimum Gasteiger partial charge on any atom is -0.465 e. The number of fused-ring (bicyclic) bond motifs is 2. The lowest BCUT2D eigenvalue weighted by Gasteiger charge is -2.42. The van der Waals surface area contributed by atoms with Crippen LogP contribution >= 0.6 is 17.5 Å². The van der Waals surface area contributed by atoms with Gasteiger partial charge in [-0.3, -0.25) is 4.67 Å². The van der Waals surface area contributed by atoms with E-state index < -0.39 is 6.19 Å². The maximum Gasteiger partial charge on any atom is 0.348 e. The zero-order valence-corrected chi connectivity index (χ0v) is 21.2. The molecule has 0 aliphatic carbocycles. The number of esters is 1. The first kappa shape index (κ1) is 22.0. The zero-order valence-electron chi connectivity index (χ0n) is 18.6. The van der Waals surface area contributed by atoms with Gasteiger partial charge >= 0.3 is 5.97 Å². The van der Waals surface area contributed by atoms with Crippen LogP contribution in [0.1, 0.15) is 29.1 Å². The van der Waals surface area contributed by atoms with Crippen LogP contribution in [0.5, 0.6) is 0 Å². The van der Waals surface area contributed by atoms with E-state index in [4.69, 9.17) is 26.3 Å². The molecule has 1 aromatic heterocycles. The van der Waals surface area contributed by atoms with Crippen molar-refractivity contribution in [2.45, 2.75) is 19.3 Å². The normalized spacial score (nSPS) is 26.7. The summed E-state index contributed by atoms with van der Waals surface area (Å²) < 4.78 is 13.0. The van der Waals surface area contributed by atoms with Gasteiger partial charge in [-0.25, -0.2) is 9.79 Å². The number of hydrogen-bond donors (Lipinski definition) is 0. The summed E-state index contributed by atoms with van der Waals surface area (Å²) in [6.45, 7) is 7.35. The molecule has 3 aliphatic rings. The Kier molecular flexibility index (Phi) is 5.42. The minimum atomic E-state index is -2.44. The standard InChI is InChI=1S/C23H26N3O3PS2/c1-23(2)15-7-5-6-8-16(15)25(3)20(23)18-14-24-21-17(13-19(32-21)22(27)28-4)30(18,31)26-9-11-29-12-10-26/h5-8,13-14H,9-12H2,1-4H3/b20-18-. The molecule has 1 fully saturated rings. The fraction of sp³-hybridized carbons (Fsp3) is 0.391. The van der Waals surface area contributed by atoms with Crippen molar-refractivity contribution in [3.63, 3.8) is 0 Å². The number of para-hydroxylation sites is 1. The van der Waals surface area contributed by atoms with Gasteiger partial charge in [-0.1, -0.05) is 43.9 Å². The first-order chi connectivity index (χ1) is 15.3. The van der Waals surface area contributed by atoms with E-state index in [1.54, 1.807) is 0 Å². The first-order valence-corrected chi connectivity index (χ1v) is 14.2. The third kappa shape index (κ3) is 3.08. The van der Waals surface area contributed by atoms with Gasteiger partial charge in [0.2, 0.25) is 0 Å². The molecule has 5 rings (SSSR count). The average Bonchev–Trinajstić information content (AvgIpc) is 3.33. The summed E-state index contributed by atoms with van der Waals surface area (Å²) in [7, 11) is 3.52. The molecule has 1 aromatic carbocycles. The van der Waals surface area contributed by atoms with Crippen molar-refractivity contribution in [3.8, 4) is 0 Å². The van der Waals surface area contributed by atoms with Gasteiger partial charge in [0.05, 0.1) is 26.5 Å². The third-order valence-corrected chi connectivity index (χ3v) is 12.8. The second kappa shape index (κ2) is 7.89. The number of carbonyl (C=O) groups is 1. The van der Waals surface area contributed by atoms with Crippen molar-refractivity contribution in [1.82, 2.24) is 4.67 Å². The lowest BCUT2D eigenvalue weighted by atomic mass is 9.84. The maximum atomic E-state index is 12.3. The molecule has 0 amide bonds. The highest BCUT2D eigenvalue weighted by Gasteiger charge is 2.46. The van der Waals surface area contributed by atoms with Crippen LogP contribution in [0, 0.1) is 0 Å². The van der Waals surface area contributed by atoms with Crippen LogP contribution in [0.2, 0.25) is 0 Å². The summed E-state index contributed by atoms with van der Waals surface area (Å²) >= 11 is 8.01. The molecular weight excluding hydrogens is 461 g/mol. The molecule has 2 aromatic rings. The Morgan fingerprint density at radius 2 is 2.00 bits per heavy atom. The summed E-state index contributed by atoms with van der Waals surface area (Å²) in [5.41, 5.74) is 3.45. The number of ether oxygens (including phenoxy) is 2. The van der Waals surface area contributed by atoms with E-state index in [0.717, 1.165) is 28.7 Å². The van der Waals surface area contributed by atoms with Crippen LogP contribution in [0.4, 0.5) is 10.7 Å². The van der Waals surface area contributed by atoms with E-state index in [-0.39, 0.29) is 11.4 Å². The van der Waals surface area contributed by atoms with Gasteiger partial charge in [0, 0.05) is 53.8 Å². The predicted octanol–water partition coefficient (Wildman–Crippen LogP) is 4.24. The molecule has 0 bridgehead atoms. The Morgan fingerprint density at radius 1 is 1.28 bits per heavy atom. The molecule has 9 heteroatoms. The van der Waals surface area contributed by atoms with E-state index in [1.807, 2.05) is 12.3 Å². The molecule has 168 valence electrons. The van der Waals surface area contributed by atoms with Gasteiger partial charge in [-0.2, -0.15) is 0 Å². The monoisotopic (exact) mass is 487 g/mol. The van der Waals surface area contributed by atoms with E-state index in [2.05, 4.69) is 54.7 Å². The molecule has 1 atom stereocenters. The second-order valence-corrected chi connectivity index (χ2v) is 13.9. The third-order valence-electron chi connectivity index (χ3n) is 6.53. The highest BCUT2D eigenvalue weighted by Crippen LogP contribution is 2.64. The van der Waals surface area contributed by atoms with E-state index in [9.17, 15) is 4.79 Å². The van der Waals surface area contributed by atoms with Gasteiger partial charge < -0.3 is 14.4 Å². The molecule has 0 spiro atoms. The van der Waals surface area contributed by atoms with Gasteiger partial charge in [-0.15, -0.1) is 11.3 Å². The van der Waals surface area contributed by atoms with Gasteiger partial charge in [0.15, 0.2) is 0 Å². The average molecular weight is 488 g/mol. The summed E-state index contributed by atoms with van der Waals surface area (Å²) in [6.07, 6.45) is -0.467. The molecule has 0 N–H and O–H groups in total. The van der Waals surface area contributed by atoms with Gasteiger partial charge in [0.25, 0.3) is 0 Å². The van der Waals surface area contributed by atoms with Crippen LogP contribution in [0.25, 0.3) is 0 Å². The van der Waals surface area contributed by atoms with Crippen molar-refractivity contribution < 1.29 is 14.3 Å². The van der Waals surface area contributed by atoms with Gasteiger partial charge in [-0.05, 0) is 17.7 Å². The number of rotatable bonds is 2. The summed E-state index contributed by atoms with van der Waals surface area (Å²) in [4.78, 5) is 20.0. The number of morpholine rings is 1. The number of hydrogen-bond acceptors (Lipinski definition) is 7. The number of likely N-dealkylation sites (N-methyl/N-ethyl adjacent to an activating group) is 1. The SMILES string of the molecule is COC(=O)c1cc2c(s1)N=C/C(=C1/N(C)c3ccccc3C1(C)C)P2(=S)N1CCOCC1. The largest absolute Gasteiger partial charge is 0.465 e. The molecule has 0 radical (unpaired) electrons. The molecule has 1 saturated heterocycles. The van der Waals surface area contributed by atoms with Crippen LogP contribution in [-0.4, -0.2) is 57.3 Å². The number of methoxy groups -OCH3 is 1. The highest BCUT2D eigenvalue weighted by atomic mass is 32.4. The quantitative estimate of drug-likeness (QED) is 0.467. The highest BCUT2D eigenvalue weighted by molar-refractivity contribution is 8.19. The molecule has 6 nitrogen and oxygen atoms in total. The summed E-state index contributed by atoms with van der Waals surface area (Å²) in [5, 5.41) is 2.91. The van der Waals surface area contributed by atoms with E-state index in [1.165, 1.54) is 35.4 Å². The van der Waals surface area contributed by atoms with Crippen LogP contribution in [0.15, 0.2) is 46.3 Å². The molecule has 1 unspecified atom stereocenters. The Balaban J connectivity index is 1.77. The lowest BCUT2D eigenvalue weighted by Crippen LogP contribution is -2.39.